The topological polar surface area (TPSA) is 102 Å². The third kappa shape index (κ3) is 9.08. The summed E-state index contributed by atoms with van der Waals surface area (Å²) in [4.78, 5) is 35.1. The Morgan fingerprint density at radius 3 is 2.22 bits per heavy atom. The highest BCUT2D eigenvalue weighted by Gasteiger charge is 2.23. The van der Waals surface area contributed by atoms with Crippen LogP contribution < -0.4 is 10.1 Å². The summed E-state index contributed by atoms with van der Waals surface area (Å²) in [5.41, 5.74) is -0.0552. The summed E-state index contributed by atoms with van der Waals surface area (Å²) in [7, 11) is 1.57. The minimum Gasteiger partial charge on any atom is -0.497 e. The minimum atomic E-state index is -1.10. The number of methoxy groups -OCH3 is 1. The number of benzene rings is 1. The van der Waals surface area contributed by atoms with E-state index in [1.807, 2.05) is 0 Å². The number of aliphatic carboxylic acids is 1. The maximum atomic E-state index is 12.1. The molecule has 0 aromatic heterocycles. The molecule has 0 spiro atoms. The molecule has 0 aliphatic heterocycles. The van der Waals surface area contributed by atoms with Gasteiger partial charge in [0.15, 0.2) is 5.78 Å². The van der Waals surface area contributed by atoms with E-state index >= 15 is 0 Å². The Balaban J connectivity index is 2.33. The number of nitrogens with one attached hydrogen (secondary N) is 1. The highest BCUT2D eigenvalue weighted by Crippen LogP contribution is 2.15. The molecule has 0 fully saturated rings. The van der Waals surface area contributed by atoms with E-state index in [2.05, 4.69) is 5.32 Å². The average Bonchev–Trinajstić information content (AvgIpc) is 2.58. The Kier molecular flexibility index (Phi) is 8.78. The lowest BCUT2D eigenvalue weighted by atomic mass is 10.0. The fourth-order valence-electron chi connectivity index (χ4n) is 2.44. The molecule has 1 amide bonds. The summed E-state index contributed by atoms with van der Waals surface area (Å²) in [6, 6.07) is 5.94. The second-order valence-corrected chi connectivity index (χ2v) is 7.29. The van der Waals surface area contributed by atoms with E-state index in [-0.39, 0.29) is 12.2 Å². The number of hydrogen-bond donors (Lipinski definition) is 2. The number of ether oxygens (including phenoxy) is 2. The van der Waals surface area contributed by atoms with Crippen LogP contribution in [0.15, 0.2) is 24.3 Å². The first kappa shape index (κ1) is 22.5. The van der Waals surface area contributed by atoms with Gasteiger partial charge in [-0.3, -0.25) is 4.79 Å². The van der Waals surface area contributed by atoms with Gasteiger partial charge < -0.3 is 19.9 Å². The van der Waals surface area contributed by atoms with Crippen LogP contribution in [0.3, 0.4) is 0 Å². The van der Waals surface area contributed by atoms with Crippen LogP contribution in [0.5, 0.6) is 5.75 Å². The molecule has 1 aromatic rings. The van der Waals surface area contributed by atoms with E-state index in [1.54, 1.807) is 52.1 Å². The average molecular weight is 379 g/mol. The number of ketones is 1. The number of alkyl carbamates (subject to hydrolysis) is 1. The third-order valence-corrected chi connectivity index (χ3v) is 3.80. The largest absolute Gasteiger partial charge is 0.497 e. The number of carbonyl (C=O) groups excluding carboxylic acids is 2. The molecule has 0 aliphatic rings. The molecule has 0 bridgehead atoms. The van der Waals surface area contributed by atoms with Crippen LogP contribution in [0, 0.1) is 0 Å². The highest BCUT2D eigenvalue weighted by atomic mass is 16.6. The molecular formula is C20H29NO6. The fourth-order valence-corrected chi connectivity index (χ4v) is 2.44. The van der Waals surface area contributed by atoms with Gasteiger partial charge in [0.1, 0.15) is 17.4 Å². The molecular weight excluding hydrogens is 350 g/mol. The van der Waals surface area contributed by atoms with Crippen molar-refractivity contribution in [3.63, 3.8) is 0 Å². The molecule has 0 heterocycles. The monoisotopic (exact) mass is 379 g/mol. The first-order valence-corrected chi connectivity index (χ1v) is 9.02. The van der Waals surface area contributed by atoms with Gasteiger partial charge in [0.05, 0.1) is 7.11 Å². The molecule has 2 N–H and O–H groups in total. The lowest BCUT2D eigenvalue weighted by molar-refractivity contribution is -0.139. The molecule has 150 valence electrons. The second kappa shape index (κ2) is 10.5. The molecule has 7 nitrogen and oxygen atoms in total. The van der Waals surface area contributed by atoms with Crippen LogP contribution in [-0.4, -0.2) is 41.7 Å². The highest BCUT2D eigenvalue weighted by molar-refractivity contribution is 5.96. The molecule has 1 aromatic carbocycles. The quantitative estimate of drug-likeness (QED) is 0.473. The zero-order valence-corrected chi connectivity index (χ0v) is 16.4. The predicted molar refractivity (Wildman–Crippen MR) is 101 cm³/mol. The fraction of sp³-hybridized carbons (Fsp3) is 0.550. The van der Waals surface area contributed by atoms with E-state index in [0.29, 0.717) is 37.0 Å². The van der Waals surface area contributed by atoms with Crippen LogP contribution in [0.2, 0.25) is 0 Å². The number of unbranched alkanes of at least 4 members (excludes halogenated alkanes) is 2. The van der Waals surface area contributed by atoms with E-state index in [0.717, 1.165) is 0 Å². The zero-order chi connectivity index (χ0) is 20.4. The van der Waals surface area contributed by atoms with Gasteiger partial charge in [-0.25, -0.2) is 9.59 Å². The summed E-state index contributed by atoms with van der Waals surface area (Å²) >= 11 is 0. The lowest BCUT2D eigenvalue weighted by Crippen LogP contribution is -2.43. The number of Topliss-reactive ketones (excluding diaryl/α,β-unsaturated/α-hetero) is 1. The van der Waals surface area contributed by atoms with E-state index in [1.165, 1.54) is 0 Å². The Hall–Kier alpha value is -2.57. The van der Waals surface area contributed by atoms with Crippen molar-refractivity contribution in [2.45, 2.75) is 64.5 Å². The summed E-state index contributed by atoms with van der Waals surface area (Å²) in [5, 5.41) is 11.6. The van der Waals surface area contributed by atoms with Gasteiger partial charge in [-0.05, 0) is 57.9 Å². The van der Waals surface area contributed by atoms with E-state index in [9.17, 15) is 19.5 Å². The summed E-state index contributed by atoms with van der Waals surface area (Å²) in [6.45, 7) is 5.13. The van der Waals surface area contributed by atoms with Crippen molar-refractivity contribution < 1.29 is 29.0 Å². The number of carbonyl (C=O) groups is 3. The smallest absolute Gasteiger partial charge is 0.408 e. The molecule has 7 heteroatoms. The second-order valence-electron chi connectivity index (χ2n) is 7.29. The Morgan fingerprint density at radius 1 is 1.07 bits per heavy atom. The van der Waals surface area contributed by atoms with Crippen molar-refractivity contribution in [3.05, 3.63) is 29.8 Å². The van der Waals surface area contributed by atoms with Crippen molar-refractivity contribution in [3.8, 4) is 5.75 Å². The molecule has 0 saturated carbocycles. The van der Waals surface area contributed by atoms with Gasteiger partial charge in [0.2, 0.25) is 0 Å². The van der Waals surface area contributed by atoms with Crippen molar-refractivity contribution >= 4 is 17.8 Å². The van der Waals surface area contributed by atoms with E-state index in [4.69, 9.17) is 9.47 Å². The van der Waals surface area contributed by atoms with Crippen molar-refractivity contribution in [2.75, 3.05) is 7.11 Å². The molecule has 0 radical (unpaired) electrons. The van der Waals surface area contributed by atoms with Gasteiger partial charge in [0.25, 0.3) is 0 Å². The van der Waals surface area contributed by atoms with Gasteiger partial charge in [-0.2, -0.15) is 0 Å². The van der Waals surface area contributed by atoms with Crippen LogP contribution in [0.25, 0.3) is 0 Å². The summed E-state index contributed by atoms with van der Waals surface area (Å²) in [5.74, 6) is -0.363. The SMILES string of the molecule is COc1ccc(C(=O)CCCCC[C@H](NC(=O)OC(C)(C)C)C(=O)O)cc1. The van der Waals surface area contributed by atoms with E-state index < -0.39 is 23.7 Å². The number of amides is 1. The maximum absolute atomic E-state index is 12.1. The first-order chi connectivity index (χ1) is 12.6. The first-order valence-electron chi connectivity index (χ1n) is 9.02. The molecule has 27 heavy (non-hydrogen) atoms. The van der Waals surface area contributed by atoms with Crippen LogP contribution >= 0.6 is 0 Å². The van der Waals surface area contributed by atoms with Gasteiger partial charge in [0, 0.05) is 12.0 Å². The van der Waals surface area contributed by atoms with Crippen LogP contribution in [-0.2, 0) is 9.53 Å². The Labute approximate surface area is 160 Å². The summed E-state index contributed by atoms with van der Waals surface area (Å²) in [6.07, 6.45) is 1.87. The molecule has 0 saturated heterocycles. The Bertz CT molecular complexity index is 633. The number of carboxylic acids is 1. The standard InChI is InChI=1S/C20H29NO6/c1-20(2,3)27-19(25)21-16(18(23)24)8-6-5-7-9-17(22)14-10-12-15(26-4)13-11-14/h10-13,16H,5-9H2,1-4H3,(H,21,25)(H,23,24)/t16-/m0/s1. The molecule has 1 rings (SSSR count). The zero-order valence-electron chi connectivity index (χ0n) is 16.4. The number of carboxylic acid groups (broad SMARTS) is 1. The van der Waals surface area contributed by atoms with Crippen molar-refractivity contribution in [2.24, 2.45) is 0 Å². The van der Waals surface area contributed by atoms with Gasteiger partial charge in [-0.15, -0.1) is 0 Å². The van der Waals surface area contributed by atoms with Crippen LogP contribution in [0.1, 0.15) is 63.2 Å². The number of hydrogen-bond acceptors (Lipinski definition) is 5. The minimum absolute atomic E-state index is 0.0410. The predicted octanol–water partition coefficient (Wildman–Crippen LogP) is 3.81. The van der Waals surface area contributed by atoms with Gasteiger partial charge in [-0.1, -0.05) is 12.8 Å². The molecule has 0 unspecified atom stereocenters. The normalized spacial score (nSPS) is 12.1. The van der Waals surface area contributed by atoms with Crippen molar-refractivity contribution in [1.82, 2.24) is 5.32 Å². The Morgan fingerprint density at radius 2 is 1.70 bits per heavy atom. The van der Waals surface area contributed by atoms with Crippen LogP contribution in [0.4, 0.5) is 4.79 Å². The molecule has 0 aliphatic carbocycles. The number of rotatable bonds is 10. The maximum Gasteiger partial charge on any atom is 0.408 e. The lowest BCUT2D eigenvalue weighted by Gasteiger charge is -2.22. The van der Waals surface area contributed by atoms with Gasteiger partial charge >= 0.3 is 12.1 Å². The molecule has 1 atom stereocenters. The summed E-state index contributed by atoms with van der Waals surface area (Å²) < 4.78 is 10.1. The van der Waals surface area contributed by atoms with Crippen molar-refractivity contribution in [1.29, 1.82) is 0 Å². The third-order valence-electron chi connectivity index (χ3n) is 3.80.